The molecule has 35 heavy (non-hydrogen) atoms. The van der Waals surface area contributed by atoms with Crippen LogP contribution in [-0.2, 0) is 4.79 Å². The Morgan fingerprint density at radius 3 is 2.54 bits per heavy atom. The second kappa shape index (κ2) is 9.77. The van der Waals surface area contributed by atoms with Gasteiger partial charge in [0.05, 0.1) is 18.4 Å². The SMILES string of the molecule is CC(C)(C)NC(c1ccc(NC2NN([C@@H](CC#N)C3CC3)C3CCNC(=O)C23)cc1Cl)C(F)(F)F. The van der Waals surface area contributed by atoms with Crippen LogP contribution in [0.3, 0.4) is 0 Å². The third-order valence-corrected chi connectivity index (χ3v) is 7.15. The van der Waals surface area contributed by atoms with Gasteiger partial charge in [-0.3, -0.25) is 10.1 Å². The Kier molecular flexibility index (Phi) is 7.26. The number of hydrogen-bond acceptors (Lipinski definition) is 6. The minimum atomic E-state index is -4.52. The van der Waals surface area contributed by atoms with Crippen molar-refractivity contribution in [1.82, 2.24) is 21.1 Å². The maximum Gasteiger partial charge on any atom is 0.407 e. The van der Waals surface area contributed by atoms with E-state index in [-0.39, 0.29) is 28.6 Å². The van der Waals surface area contributed by atoms with E-state index in [1.807, 2.05) is 0 Å². The van der Waals surface area contributed by atoms with Crippen molar-refractivity contribution in [2.24, 2.45) is 11.8 Å². The second-order valence-electron chi connectivity index (χ2n) is 10.7. The van der Waals surface area contributed by atoms with Gasteiger partial charge in [0.2, 0.25) is 5.91 Å². The van der Waals surface area contributed by atoms with Crippen molar-refractivity contribution in [2.75, 3.05) is 11.9 Å². The summed E-state index contributed by atoms with van der Waals surface area (Å²) >= 11 is 6.35. The molecule has 4 rings (SSSR count). The Labute approximate surface area is 208 Å². The maximum atomic E-state index is 13.8. The number of hydrazine groups is 1. The summed E-state index contributed by atoms with van der Waals surface area (Å²) in [7, 11) is 0. The van der Waals surface area contributed by atoms with Gasteiger partial charge >= 0.3 is 6.18 Å². The van der Waals surface area contributed by atoms with Crippen molar-refractivity contribution in [3.05, 3.63) is 28.8 Å². The minimum Gasteiger partial charge on any atom is -0.368 e. The second-order valence-corrected chi connectivity index (χ2v) is 11.1. The smallest absolute Gasteiger partial charge is 0.368 e. The van der Waals surface area contributed by atoms with Gasteiger partial charge in [0.15, 0.2) is 0 Å². The van der Waals surface area contributed by atoms with Gasteiger partial charge in [0.1, 0.15) is 12.2 Å². The van der Waals surface area contributed by atoms with Crippen molar-refractivity contribution >= 4 is 23.2 Å². The first-order valence-electron chi connectivity index (χ1n) is 12.0. The molecule has 0 aromatic heterocycles. The molecule has 4 N–H and O–H groups in total. The van der Waals surface area contributed by atoms with E-state index >= 15 is 0 Å². The topological polar surface area (TPSA) is 92.2 Å². The molecule has 1 aromatic carbocycles. The van der Waals surface area contributed by atoms with Gasteiger partial charge in [-0.05, 0) is 63.6 Å². The van der Waals surface area contributed by atoms with E-state index < -0.39 is 29.8 Å². The first kappa shape index (κ1) is 26.0. The van der Waals surface area contributed by atoms with E-state index in [1.54, 1.807) is 26.8 Å². The molecule has 0 spiro atoms. The van der Waals surface area contributed by atoms with Crippen LogP contribution in [0.15, 0.2) is 18.2 Å². The lowest BCUT2D eigenvalue weighted by molar-refractivity contribution is -0.161. The zero-order chi connectivity index (χ0) is 25.5. The Balaban J connectivity index is 1.56. The van der Waals surface area contributed by atoms with E-state index in [2.05, 4.69) is 32.5 Å². The van der Waals surface area contributed by atoms with Gasteiger partial charge in [-0.15, -0.1) is 0 Å². The monoisotopic (exact) mass is 512 g/mol. The van der Waals surface area contributed by atoms with Crippen LogP contribution in [0.25, 0.3) is 0 Å². The number of nitriles is 1. The Bertz CT molecular complexity index is 987. The molecular weight excluding hydrogens is 481 g/mol. The summed E-state index contributed by atoms with van der Waals surface area (Å²) in [4.78, 5) is 12.8. The number of amides is 1. The molecule has 11 heteroatoms. The van der Waals surface area contributed by atoms with Crippen molar-refractivity contribution < 1.29 is 18.0 Å². The minimum absolute atomic E-state index is 0.0195. The fourth-order valence-corrected chi connectivity index (χ4v) is 5.46. The lowest BCUT2D eigenvalue weighted by Gasteiger charge is -2.34. The molecule has 1 aromatic rings. The molecule has 2 heterocycles. The van der Waals surface area contributed by atoms with Crippen molar-refractivity contribution in [1.29, 1.82) is 5.26 Å². The first-order chi connectivity index (χ1) is 16.4. The van der Waals surface area contributed by atoms with Crippen molar-refractivity contribution in [3.63, 3.8) is 0 Å². The van der Waals surface area contributed by atoms with Crippen LogP contribution < -0.4 is 21.4 Å². The molecule has 4 unspecified atom stereocenters. The van der Waals surface area contributed by atoms with Gasteiger partial charge < -0.3 is 10.6 Å². The van der Waals surface area contributed by atoms with Gasteiger partial charge in [-0.2, -0.15) is 18.4 Å². The largest absolute Gasteiger partial charge is 0.407 e. The Morgan fingerprint density at radius 2 is 1.97 bits per heavy atom. The van der Waals surface area contributed by atoms with Crippen LogP contribution in [0.2, 0.25) is 5.02 Å². The van der Waals surface area contributed by atoms with Crippen LogP contribution in [-0.4, -0.2) is 47.4 Å². The molecule has 5 atom stereocenters. The Hall–Kier alpha value is -2.06. The third-order valence-electron chi connectivity index (χ3n) is 6.82. The van der Waals surface area contributed by atoms with Gasteiger partial charge in [0, 0.05) is 34.9 Å². The number of nitrogens with zero attached hydrogens (tertiary/aromatic N) is 2. The van der Waals surface area contributed by atoms with Crippen LogP contribution in [0.5, 0.6) is 0 Å². The summed E-state index contributed by atoms with van der Waals surface area (Å²) < 4.78 is 41.4. The number of fused-ring (bicyclic) bond motifs is 1. The highest BCUT2D eigenvalue weighted by Crippen LogP contribution is 2.42. The maximum absolute atomic E-state index is 13.8. The van der Waals surface area contributed by atoms with Crippen LogP contribution >= 0.6 is 11.6 Å². The molecule has 3 aliphatic rings. The first-order valence-corrected chi connectivity index (χ1v) is 12.4. The third kappa shape index (κ3) is 5.85. The average Bonchev–Trinajstić information content (AvgIpc) is 3.52. The highest BCUT2D eigenvalue weighted by atomic mass is 35.5. The number of carbonyl (C=O) groups is 1. The number of hydrogen-bond donors (Lipinski definition) is 4. The number of halogens is 4. The number of carbonyl (C=O) groups excluding carboxylic acids is 1. The van der Waals surface area contributed by atoms with Crippen LogP contribution in [0.4, 0.5) is 18.9 Å². The van der Waals surface area contributed by atoms with E-state index in [1.165, 1.54) is 12.1 Å². The molecule has 0 bridgehead atoms. The summed E-state index contributed by atoms with van der Waals surface area (Å²) in [6.45, 7) is 5.56. The molecule has 1 amide bonds. The van der Waals surface area contributed by atoms with E-state index in [4.69, 9.17) is 11.6 Å². The number of rotatable bonds is 7. The molecular formula is C24H32ClF3N6O. The summed E-state index contributed by atoms with van der Waals surface area (Å²) in [5.74, 6) is -0.0722. The molecule has 7 nitrogen and oxygen atoms in total. The molecule has 2 saturated heterocycles. The van der Waals surface area contributed by atoms with Gasteiger partial charge in [-0.1, -0.05) is 17.7 Å². The normalized spacial score (nSPS) is 27.0. The van der Waals surface area contributed by atoms with Crippen LogP contribution in [0.1, 0.15) is 58.1 Å². The lowest BCUT2D eigenvalue weighted by atomic mass is 9.90. The summed E-state index contributed by atoms with van der Waals surface area (Å²) in [5, 5.41) is 20.2. The number of alkyl halides is 3. The molecule has 1 saturated carbocycles. The number of anilines is 1. The van der Waals surface area contributed by atoms with Crippen molar-refractivity contribution in [2.45, 2.75) is 82.5 Å². The molecule has 192 valence electrons. The quantitative estimate of drug-likeness (QED) is 0.440. The zero-order valence-corrected chi connectivity index (χ0v) is 20.8. The summed E-state index contributed by atoms with van der Waals surface area (Å²) in [5.41, 5.74) is 3.08. The molecule has 2 aliphatic heterocycles. The molecule has 1 aliphatic carbocycles. The summed E-state index contributed by atoms with van der Waals surface area (Å²) in [6.07, 6.45) is -1.76. The van der Waals surface area contributed by atoms with E-state index in [0.29, 0.717) is 24.6 Å². The van der Waals surface area contributed by atoms with Gasteiger partial charge in [0.25, 0.3) is 0 Å². The predicted octanol–water partition coefficient (Wildman–Crippen LogP) is 4.09. The van der Waals surface area contributed by atoms with Crippen LogP contribution in [0, 0.1) is 23.2 Å². The average molecular weight is 513 g/mol. The number of piperidine rings is 1. The zero-order valence-electron chi connectivity index (χ0n) is 20.0. The number of nitrogens with one attached hydrogen (secondary N) is 4. The van der Waals surface area contributed by atoms with E-state index in [0.717, 1.165) is 19.3 Å². The fourth-order valence-electron chi connectivity index (χ4n) is 5.17. The molecule has 0 radical (unpaired) electrons. The summed E-state index contributed by atoms with van der Waals surface area (Å²) in [6, 6.07) is 4.70. The highest BCUT2D eigenvalue weighted by molar-refractivity contribution is 6.31. The lowest BCUT2D eigenvalue weighted by Crippen LogP contribution is -2.52. The molecule has 3 fully saturated rings. The number of benzene rings is 1. The van der Waals surface area contributed by atoms with E-state index in [9.17, 15) is 23.2 Å². The standard InChI is InChI=1S/C24H32ClF3N6O/c1-23(2,3)32-20(24(26,27)28)15-7-6-14(12-16(15)25)31-21-19-18(9-11-30-22(19)35)34(33-21)17(8-10-29)13-4-5-13/h6-7,12-13,17-21,31-33H,4-5,8-9,11H2,1-3H3,(H,30,35)/t17-,18?,19?,20?,21?/m0/s1. The fraction of sp³-hybridized carbons (Fsp3) is 0.667. The predicted molar refractivity (Wildman–Crippen MR) is 127 cm³/mol. The van der Waals surface area contributed by atoms with Crippen molar-refractivity contribution in [3.8, 4) is 6.07 Å². The Morgan fingerprint density at radius 1 is 1.26 bits per heavy atom. The van der Waals surface area contributed by atoms with Gasteiger partial charge in [-0.25, -0.2) is 10.4 Å². The highest BCUT2D eigenvalue weighted by Gasteiger charge is 2.52.